The first-order valence-corrected chi connectivity index (χ1v) is 4.22. The van der Waals surface area contributed by atoms with Crippen molar-refractivity contribution in [3.8, 4) is 0 Å². The van der Waals surface area contributed by atoms with E-state index in [0.717, 1.165) is 17.9 Å². The molecular weight excluding hydrogens is 120 g/mol. The van der Waals surface area contributed by atoms with E-state index in [0.29, 0.717) is 5.92 Å². The molecular formula is C6H12OS. The predicted octanol–water partition coefficient (Wildman–Crippen LogP) is 1.12. The lowest BCUT2D eigenvalue weighted by molar-refractivity contribution is 0.121. The van der Waals surface area contributed by atoms with E-state index < -0.39 is 0 Å². The highest BCUT2D eigenvalue weighted by molar-refractivity contribution is 7.99. The second kappa shape index (κ2) is 2.74. The monoisotopic (exact) mass is 132 g/mol. The summed E-state index contributed by atoms with van der Waals surface area (Å²) in [4.78, 5) is 0. The van der Waals surface area contributed by atoms with E-state index in [1.165, 1.54) is 0 Å². The molecule has 0 aromatic carbocycles. The highest BCUT2D eigenvalue weighted by Gasteiger charge is 2.17. The third-order valence-corrected chi connectivity index (χ3v) is 2.88. The van der Waals surface area contributed by atoms with Gasteiger partial charge in [-0.2, -0.15) is 11.8 Å². The Labute approximate surface area is 54.5 Å². The van der Waals surface area contributed by atoms with Crippen LogP contribution in [-0.2, 0) is 0 Å². The quantitative estimate of drug-likeness (QED) is 0.533. The molecule has 1 fully saturated rings. The van der Waals surface area contributed by atoms with Gasteiger partial charge >= 0.3 is 0 Å². The van der Waals surface area contributed by atoms with Crippen LogP contribution in [0.5, 0.6) is 0 Å². The van der Waals surface area contributed by atoms with E-state index in [4.69, 9.17) is 5.11 Å². The molecule has 1 heterocycles. The molecule has 0 saturated carbocycles. The lowest BCUT2D eigenvalue weighted by atomic mass is 10.1. The maximum Gasteiger partial charge on any atom is 0.0581 e. The Morgan fingerprint density at radius 1 is 1.62 bits per heavy atom. The molecule has 1 saturated heterocycles. The Morgan fingerprint density at radius 3 is 2.75 bits per heavy atom. The highest BCUT2D eigenvalue weighted by atomic mass is 32.2. The Balaban J connectivity index is 2.28. The molecule has 1 nitrogen and oxygen atoms in total. The van der Waals surface area contributed by atoms with Crippen LogP contribution in [0.2, 0.25) is 0 Å². The van der Waals surface area contributed by atoms with Crippen LogP contribution < -0.4 is 0 Å². The summed E-state index contributed by atoms with van der Waals surface area (Å²) in [6, 6.07) is 0. The first kappa shape index (κ1) is 6.43. The van der Waals surface area contributed by atoms with Crippen LogP contribution in [0.3, 0.4) is 0 Å². The molecule has 1 rings (SSSR count). The molecule has 0 bridgehead atoms. The third-order valence-electron chi connectivity index (χ3n) is 1.60. The molecule has 0 amide bonds. The van der Waals surface area contributed by atoms with Gasteiger partial charge in [-0.15, -0.1) is 0 Å². The molecule has 48 valence electrons. The standard InChI is InChI=1S/C6H12OS/c1-5-4-8-3-2-6(5)7/h5-7H,2-4H2,1H3/t5-,6+/m0/s1. The van der Waals surface area contributed by atoms with Gasteiger partial charge in [0.2, 0.25) is 0 Å². The van der Waals surface area contributed by atoms with Crippen LogP contribution in [0.1, 0.15) is 13.3 Å². The van der Waals surface area contributed by atoms with Crippen LogP contribution in [0, 0.1) is 5.92 Å². The number of aliphatic hydroxyl groups excluding tert-OH is 1. The molecule has 1 aliphatic heterocycles. The fourth-order valence-electron chi connectivity index (χ4n) is 0.869. The van der Waals surface area contributed by atoms with E-state index in [1.807, 2.05) is 11.8 Å². The Morgan fingerprint density at radius 2 is 2.38 bits per heavy atom. The molecule has 2 heteroatoms. The summed E-state index contributed by atoms with van der Waals surface area (Å²) in [5, 5.41) is 9.16. The summed E-state index contributed by atoms with van der Waals surface area (Å²) in [5.74, 6) is 2.81. The average Bonchev–Trinajstić information content (AvgIpc) is 1.77. The summed E-state index contributed by atoms with van der Waals surface area (Å²) in [6.07, 6.45) is 0.975. The number of aliphatic hydroxyl groups is 1. The highest BCUT2D eigenvalue weighted by Crippen LogP contribution is 2.21. The zero-order chi connectivity index (χ0) is 5.98. The van der Waals surface area contributed by atoms with Crippen molar-refractivity contribution in [1.82, 2.24) is 0 Å². The number of rotatable bonds is 0. The van der Waals surface area contributed by atoms with E-state index in [-0.39, 0.29) is 6.10 Å². The van der Waals surface area contributed by atoms with Crippen LogP contribution in [0.4, 0.5) is 0 Å². The normalized spacial score (nSPS) is 39.8. The molecule has 0 spiro atoms. The summed E-state index contributed by atoms with van der Waals surface area (Å²) in [5.41, 5.74) is 0. The van der Waals surface area contributed by atoms with Crippen LogP contribution in [0.15, 0.2) is 0 Å². The van der Waals surface area contributed by atoms with Crippen molar-refractivity contribution in [2.24, 2.45) is 5.92 Å². The fourth-order valence-corrected chi connectivity index (χ4v) is 2.04. The maximum atomic E-state index is 9.16. The van der Waals surface area contributed by atoms with E-state index in [2.05, 4.69) is 6.92 Å². The number of hydrogen-bond donors (Lipinski definition) is 1. The molecule has 0 unspecified atom stereocenters. The van der Waals surface area contributed by atoms with Gasteiger partial charge in [-0.1, -0.05) is 6.92 Å². The van der Waals surface area contributed by atoms with Gasteiger partial charge in [0.1, 0.15) is 0 Å². The van der Waals surface area contributed by atoms with Gasteiger partial charge < -0.3 is 5.11 Å². The van der Waals surface area contributed by atoms with Gasteiger partial charge in [0.25, 0.3) is 0 Å². The Kier molecular flexibility index (Phi) is 2.20. The van der Waals surface area contributed by atoms with Crippen molar-refractivity contribution in [1.29, 1.82) is 0 Å². The minimum absolute atomic E-state index is 0.0174. The molecule has 1 N–H and O–H groups in total. The smallest absolute Gasteiger partial charge is 0.0581 e. The fraction of sp³-hybridized carbons (Fsp3) is 1.00. The molecule has 0 radical (unpaired) electrons. The molecule has 8 heavy (non-hydrogen) atoms. The predicted molar refractivity (Wildman–Crippen MR) is 37.1 cm³/mol. The maximum absolute atomic E-state index is 9.16. The Hall–Kier alpha value is 0.310. The summed E-state index contributed by atoms with van der Waals surface area (Å²) < 4.78 is 0. The van der Waals surface area contributed by atoms with Gasteiger partial charge in [0.15, 0.2) is 0 Å². The van der Waals surface area contributed by atoms with Crippen LogP contribution >= 0.6 is 11.8 Å². The lowest BCUT2D eigenvalue weighted by Gasteiger charge is -2.22. The molecule has 1 aliphatic rings. The first-order valence-electron chi connectivity index (χ1n) is 3.06. The van der Waals surface area contributed by atoms with Crippen molar-refractivity contribution in [2.75, 3.05) is 11.5 Å². The number of thioether (sulfide) groups is 1. The molecule has 2 atom stereocenters. The average molecular weight is 132 g/mol. The number of hydrogen-bond acceptors (Lipinski definition) is 2. The van der Waals surface area contributed by atoms with Gasteiger partial charge in [0, 0.05) is 0 Å². The molecule has 0 aromatic heterocycles. The minimum Gasteiger partial charge on any atom is -0.393 e. The van der Waals surface area contributed by atoms with Crippen molar-refractivity contribution in [3.63, 3.8) is 0 Å². The second-order valence-electron chi connectivity index (χ2n) is 2.41. The first-order chi connectivity index (χ1) is 3.80. The summed E-state index contributed by atoms with van der Waals surface area (Å²) >= 11 is 1.95. The van der Waals surface area contributed by atoms with Crippen molar-refractivity contribution >= 4 is 11.8 Å². The minimum atomic E-state index is -0.0174. The zero-order valence-corrected chi connectivity index (χ0v) is 5.95. The van der Waals surface area contributed by atoms with Gasteiger partial charge in [-0.05, 0) is 23.8 Å². The van der Waals surface area contributed by atoms with E-state index in [9.17, 15) is 0 Å². The van der Waals surface area contributed by atoms with E-state index >= 15 is 0 Å². The van der Waals surface area contributed by atoms with Crippen LogP contribution in [0.25, 0.3) is 0 Å². The lowest BCUT2D eigenvalue weighted by Crippen LogP contribution is -2.24. The molecule has 0 aromatic rings. The topological polar surface area (TPSA) is 20.2 Å². The van der Waals surface area contributed by atoms with Gasteiger partial charge in [-0.3, -0.25) is 0 Å². The molecule has 0 aliphatic carbocycles. The van der Waals surface area contributed by atoms with Crippen LogP contribution in [-0.4, -0.2) is 22.7 Å². The zero-order valence-electron chi connectivity index (χ0n) is 5.13. The summed E-state index contributed by atoms with van der Waals surface area (Å²) in [7, 11) is 0. The second-order valence-corrected chi connectivity index (χ2v) is 3.56. The van der Waals surface area contributed by atoms with Crippen molar-refractivity contribution in [3.05, 3.63) is 0 Å². The third kappa shape index (κ3) is 1.39. The Bertz CT molecular complexity index is 64.9. The SMILES string of the molecule is C[C@H]1CSCC[C@H]1O. The van der Waals surface area contributed by atoms with E-state index in [1.54, 1.807) is 0 Å². The van der Waals surface area contributed by atoms with Crippen molar-refractivity contribution < 1.29 is 5.11 Å². The largest absolute Gasteiger partial charge is 0.393 e. The summed E-state index contributed by atoms with van der Waals surface area (Å²) in [6.45, 7) is 2.11. The van der Waals surface area contributed by atoms with Gasteiger partial charge in [-0.25, -0.2) is 0 Å². The van der Waals surface area contributed by atoms with Crippen molar-refractivity contribution in [2.45, 2.75) is 19.4 Å². The van der Waals surface area contributed by atoms with Gasteiger partial charge in [0.05, 0.1) is 6.10 Å².